The van der Waals surface area contributed by atoms with E-state index in [2.05, 4.69) is 9.97 Å². The quantitative estimate of drug-likeness (QED) is 0.788. The number of aromatic nitrogens is 2. The van der Waals surface area contributed by atoms with Crippen molar-refractivity contribution in [1.29, 1.82) is 0 Å². The van der Waals surface area contributed by atoms with Crippen LogP contribution in [0.1, 0.15) is 6.42 Å². The molecule has 0 spiro atoms. The summed E-state index contributed by atoms with van der Waals surface area (Å²) < 4.78 is 0. The maximum absolute atomic E-state index is 10.4. The first-order valence-corrected chi connectivity index (χ1v) is 4.59. The number of nitrogens with two attached hydrogens (primary N) is 1. The highest BCUT2D eigenvalue weighted by atomic mass is 35.5. The number of anilines is 2. The van der Waals surface area contributed by atoms with E-state index >= 15 is 0 Å². The molecule has 0 amide bonds. The number of halogens is 1. The summed E-state index contributed by atoms with van der Waals surface area (Å²) in [4.78, 5) is 19.6. The van der Waals surface area contributed by atoms with Crippen LogP contribution in [0, 0.1) is 0 Å². The summed E-state index contributed by atoms with van der Waals surface area (Å²) in [5.41, 5.74) is 5.49. The lowest BCUT2D eigenvalue weighted by atomic mass is 10.4. The molecule has 0 saturated heterocycles. The van der Waals surface area contributed by atoms with Crippen LogP contribution in [0.15, 0.2) is 6.33 Å². The molecule has 0 atom stereocenters. The number of nitrogens with zero attached hydrogens (tertiary/aromatic N) is 3. The van der Waals surface area contributed by atoms with Crippen molar-refractivity contribution in [2.75, 3.05) is 24.2 Å². The molecule has 0 fully saturated rings. The molecule has 0 aromatic carbocycles. The van der Waals surface area contributed by atoms with E-state index < -0.39 is 5.97 Å². The summed E-state index contributed by atoms with van der Waals surface area (Å²) in [5, 5.41) is 8.76. The smallest absolute Gasteiger partial charge is 0.305 e. The van der Waals surface area contributed by atoms with Gasteiger partial charge in [0.2, 0.25) is 0 Å². The maximum Gasteiger partial charge on any atom is 0.305 e. The van der Waals surface area contributed by atoms with E-state index in [-0.39, 0.29) is 17.3 Å². The minimum atomic E-state index is -0.875. The number of carboxylic acid groups (broad SMARTS) is 1. The molecular weight excluding hydrogens is 220 g/mol. The van der Waals surface area contributed by atoms with E-state index in [1.807, 2.05) is 0 Å². The lowest BCUT2D eigenvalue weighted by Crippen LogP contribution is -2.22. The minimum Gasteiger partial charge on any atom is -0.481 e. The van der Waals surface area contributed by atoms with Gasteiger partial charge in [-0.2, -0.15) is 0 Å². The predicted octanol–water partition coefficient (Wildman–Crippen LogP) is 0.623. The second-order valence-electron chi connectivity index (χ2n) is 2.96. The van der Waals surface area contributed by atoms with Crippen molar-refractivity contribution in [1.82, 2.24) is 9.97 Å². The van der Waals surface area contributed by atoms with Gasteiger partial charge in [-0.1, -0.05) is 11.6 Å². The van der Waals surface area contributed by atoms with Crippen LogP contribution in [0.25, 0.3) is 0 Å². The highest BCUT2D eigenvalue weighted by Crippen LogP contribution is 2.25. The first-order chi connectivity index (χ1) is 7.02. The molecule has 1 rings (SSSR count). The summed E-state index contributed by atoms with van der Waals surface area (Å²) in [6.45, 7) is 0.311. The van der Waals surface area contributed by atoms with Crippen LogP contribution in [0.3, 0.4) is 0 Å². The Morgan fingerprint density at radius 2 is 2.33 bits per heavy atom. The van der Waals surface area contributed by atoms with Crippen LogP contribution < -0.4 is 10.6 Å². The van der Waals surface area contributed by atoms with E-state index in [0.717, 1.165) is 0 Å². The SMILES string of the molecule is CN(CCC(=O)O)c1ncnc(N)c1Cl. The third-order valence-corrected chi connectivity index (χ3v) is 2.18. The fraction of sp³-hybridized carbons (Fsp3) is 0.375. The first-order valence-electron chi connectivity index (χ1n) is 4.21. The van der Waals surface area contributed by atoms with Gasteiger partial charge in [0.1, 0.15) is 17.2 Å². The molecule has 0 unspecified atom stereocenters. The van der Waals surface area contributed by atoms with Crippen LogP contribution in [-0.4, -0.2) is 34.6 Å². The van der Waals surface area contributed by atoms with Crippen molar-refractivity contribution in [2.24, 2.45) is 0 Å². The van der Waals surface area contributed by atoms with E-state index in [1.54, 1.807) is 11.9 Å². The molecule has 0 saturated carbocycles. The topological polar surface area (TPSA) is 92.3 Å². The Kier molecular flexibility index (Phi) is 3.68. The lowest BCUT2D eigenvalue weighted by molar-refractivity contribution is -0.136. The van der Waals surface area contributed by atoms with Gasteiger partial charge in [0.05, 0.1) is 6.42 Å². The highest BCUT2D eigenvalue weighted by Gasteiger charge is 2.11. The van der Waals surface area contributed by atoms with Crippen LogP contribution in [0.4, 0.5) is 11.6 Å². The van der Waals surface area contributed by atoms with Crippen molar-refractivity contribution in [3.63, 3.8) is 0 Å². The van der Waals surface area contributed by atoms with Gasteiger partial charge in [-0.05, 0) is 0 Å². The van der Waals surface area contributed by atoms with E-state index in [4.69, 9.17) is 22.4 Å². The maximum atomic E-state index is 10.4. The Hall–Kier alpha value is -1.56. The summed E-state index contributed by atoms with van der Waals surface area (Å²) in [6, 6.07) is 0. The van der Waals surface area contributed by atoms with Crippen LogP contribution in [0.2, 0.25) is 5.02 Å². The molecule has 6 nitrogen and oxygen atoms in total. The zero-order valence-corrected chi connectivity index (χ0v) is 8.90. The van der Waals surface area contributed by atoms with E-state index in [1.165, 1.54) is 6.33 Å². The van der Waals surface area contributed by atoms with E-state index in [0.29, 0.717) is 12.4 Å². The second kappa shape index (κ2) is 4.79. The molecule has 0 bridgehead atoms. The summed E-state index contributed by atoms with van der Waals surface area (Å²) >= 11 is 5.86. The van der Waals surface area contributed by atoms with E-state index in [9.17, 15) is 4.79 Å². The molecule has 82 valence electrons. The van der Waals surface area contributed by atoms with Gasteiger partial charge in [-0.15, -0.1) is 0 Å². The van der Waals surface area contributed by atoms with Crippen molar-refractivity contribution >= 4 is 29.2 Å². The highest BCUT2D eigenvalue weighted by molar-refractivity contribution is 6.35. The van der Waals surface area contributed by atoms with Crippen LogP contribution in [-0.2, 0) is 4.79 Å². The third-order valence-electron chi connectivity index (χ3n) is 1.82. The fourth-order valence-electron chi connectivity index (χ4n) is 1.01. The minimum absolute atomic E-state index is 0.0107. The molecule has 3 N–H and O–H groups in total. The molecule has 1 aromatic rings. The Morgan fingerprint density at radius 1 is 1.67 bits per heavy atom. The van der Waals surface area contributed by atoms with Gasteiger partial charge >= 0.3 is 5.97 Å². The lowest BCUT2D eigenvalue weighted by Gasteiger charge is -2.18. The van der Waals surface area contributed by atoms with Gasteiger partial charge in [-0.25, -0.2) is 9.97 Å². The molecule has 15 heavy (non-hydrogen) atoms. The monoisotopic (exact) mass is 230 g/mol. The first kappa shape index (κ1) is 11.5. The number of nitrogen functional groups attached to an aromatic ring is 1. The second-order valence-corrected chi connectivity index (χ2v) is 3.34. The number of carboxylic acids is 1. The van der Waals surface area contributed by atoms with Gasteiger partial charge in [0.25, 0.3) is 0 Å². The number of hydrogen-bond acceptors (Lipinski definition) is 5. The molecule has 1 aromatic heterocycles. The zero-order valence-electron chi connectivity index (χ0n) is 8.14. The summed E-state index contributed by atoms with van der Waals surface area (Å²) in [7, 11) is 1.69. The molecule has 1 heterocycles. The molecule has 0 aliphatic rings. The van der Waals surface area contributed by atoms with Crippen LogP contribution >= 0.6 is 11.6 Å². The predicted molar refractivity (Wildman–Crippen MR) is 57.0 cm³/mol. The Morgan fingerprint density at radius 3 is 2.93 bits per heavy atom. The summed E-state index contributed by atoms with van der Waals surface area (Å²) in [5.74, 6) is -0.255. The van der Waals surface area contributed by atoms with Crippen molar-refractivity contribution in [3.8, 4) is 0 Å². The van der Waals surface area contributed by atoms with Gasteiger partial charge in [0, 0.05) is 13.6 Å². The third kappa shape index (κ3) is 2.95. The van der Waals surface area contributed by atoms with Crippen molar-refractivity contribution in [3.05, 3.63) is 11.3 Å². The van der Waals surface area contributed by atoms with Crippen molar-refractivity contribution in [2.45, 2.75) is 6.42 Å². The molecule has 0 aliphatic heterocycles. The fourth-order valence-corrected chi connectivity index (χ4v) is 1.25. The number of aliphatic carboxylic acids is 1. The molecule has 0 aliphatic carbocycles. The average molecular weight is 231 g/mol. The standard InChI is InChI=1S/C8H11ClN4O2/c1-13(3-2-5(14)15)8-6(9)7(10)11-4-12-8/h4H,2-3H2,1H3,(H,14,15)(H2,10,11,12). The zero-order chi connectivity index (χ0) is 11.4. The molecular formula is C8H11ClN4O2. The number of carbonyl (C=O) groups is 1. The normalized spacial score (nSPS) is 10.0. The number of hydrogen-bond donors (Lipinski definition) is 2. The van der Waals surface area contributed by atoms with Crippen LogP contribution in [0.5, 0.6) is 0 Å². The number of rotatable bonds is 4. The summed E-state index contributed by atoms with van der Waals surface area (Å²) in [6.07, 6.45) is 1.30. The average Bonchev–Trinajstić information content (AvgIpc) is 2.18. The van der Waals surface area contributed by atoms with Gasteiger partial charge in [-0.3, -0.25) is 4.79 Å². The van der Waals surface area contributed by atoms with Crippen molar-refractivity contribution < 1.29 is 9.90 Å². The Labute approximate surface area is 91.7 Å². The Bertz CT molecular complexity index is 372. The van der Waals surface area contributed by atoms with Gasteiger partial charge < -0.3 is 15.7 Å². The molecule has 7 heteroatoms. The molecule has 0 radical (unpaired) electrons. The Balaban J connectivity index is 2.77. The van der Waals surface area contributed by atoms with Gasteiger partial charge in [0.15, 0.2) is 5.82 Å². The largest absolute Gasteiger partial charge is 0.481 e.